The highest BCUT2D eigenvalue weighted by atomic mass is 32.1. The number of hydrogen-bond acceptors (Lipinski definition) is 2. The normalized spacial score (nSPS) is 11.1. The summed E-state index contributed by atoms with van der Waals surface area (Å²) in [6.07, 6.45) is 0. The van der Waals surface area contributed by atoms with Crippen molar-refractivity contribution < 1.29 is 4.74 Å². The summed E-state index contributed by atoms with van der Waals surface area (Å²) in [6.45, 7) is 6.53. The first-order valence-corrected chi connectivity index (χ1v) is 5.71. The molecule has 0 saturated carbocycles. The van der Waals surface area contributed by atoms with Gasteiger partial charge < -0.3 is 9.64 Å². The zero-order valence-corrected chi connectivity index (χ0v) is 11.4. The molecule has 0 amide bonds. The van der Waals surface area contributed by atoms with Gasteiger partial charge in [-0.1, -0.05) is 32.9 Å². The van der Waals surface area contributed by atoms with Gasteiger partial charge in [-0.3, -0.25) is 0 Å². The zero-order valence-electron chi connectivity index (χ0n) is 10.6. The van der Waals surface area contributed by atoms with E-state index in [9.17, 15) is 0 Å². The highest BCUT2D eigenvalue weighted by molar-refractivity contribution is 7.80. The summed E-state index contributed by atoms with van der Waals surface area (Å²) in [7, 11) is 3.74. The molecule has 0 saturated heterocycles. The van der Waals surface area contributed by atoms with Crippen molar-refractivity contribution in [1.82, 2.24) is 4.90 Å². The second kappa shape index (κ2) is 4.83. The van der Waals surface area contributed by atoms with Gasteiger partial charge in [0.2, 0.25) is 0 Å². The van der Waals surface area contributed by atoms with Crippen molar-refractivity contribution in [2.45, 2.75) is 26.2 Å². The molecule has 1 aromatic rings. The summed E-state index contributed by atoms with van der Waals surface area (Å²) in [5, 5.41) is 0.478. The molecule has 0 aliphatic carbocycles. The topological polar surface area (TPSA) is 12.5 Å². The molecule has 0 unspecified atom stereocenters. The Morgan fingerprint density at radius 2 is 1.88 bits per heavy atom. The maximum Gasteiger partial charge on any atom is 0.264 e. The van der Waals surface area contributed by atoms with Gasteiger partial charge in [-0.05, 0) is 35.3 Å². The van der Waals surface area contributed by atoms with Crippen LogP contribution in [0.3, 0.4) is 0 Å². The van der Waals surface area contributed by atoms with Gasteiger partial charge in [0.15, 0.2) is 0 Å². The van der Waals surface area contributed by atoms with Crippen LogP contribution in [-0.2, 0) is 5.41 Å². The molecule has 0 atom stereocenters. The molecule has 0 N–H and O–H groups in total. The number of hydrogen-bond donors (Lipinski definition) is 0. The minimum absolute atomic E-state index is 0.124. The van der Waals surface area contributed by atoms with Gasteiger partial charge in [-0.25, -0.2) is 0 Å². The van der Waals surface area contributed by atoms with Crippen molar-refractivity contribution in [1.29, 1.82) is 0 Å². The van der Waals surface area contributed by atoms with E-state index in [4.69, 9.17) is 17.0 Å². The third kappa shape index (κ3) is 3.49. The van der Waals surface area contributed by atoms with Crippen molar-refractivity contribution in [3.63, 3.8) is 0 Å². The first-order chi connectivity index (χ1) is 7.30. The number of nitrogens with zero attached hydrogens (tertiary/aromatic N) is 1. The Morgan fingerprint density at radius 3 is 2.38 bits per heavy atom. The largest absolute Gasteiger partial charge is 0.432 e. The van der Waals surface area contributed by atoms with E-state index in [-0.39, 0.29) is 5.41 Å². The van der Waals surface area contributed by atoms with Crippen molar-refractivity contribution in [3.8, 4) is 5.75 Å². The number of ether oxygens (including phenoxy) is 1. The van der Waals surface area contributed by atoms with Gasteiger partial charge >= 0.3 is 0 Å². The smallest absolute Gasteiger partial charge is 0.264 e. The maximum atomic E-state index is 5.57. The van der Waals surface area contributed by atoms with Crippen molar-refractivity contribution >= 4 is 17.4 Å². The fraction of sp³-hybridized carbons (Fsp3) is 0.462. The number of benzene rings is 1. The highest BCUT2D eigenvalue weighted by Crippen LogP contribution is 2.25. The zero-order chi connectivity index (χ0) is 12.3. The lowest BCUT2D eigenvalue weighted by Crippen LogP contribution is -2.25. The average molecular weight is 237 g/mol. The van der Waals surface area contributed by atoms with E-state index in [1.54, 1.807) is 4.90 Å². The Morgan fingerprint density at radius 1 is 1.25 bits per heavy atom. The molecule has 1 aromatic carbocycles. The molecule has 88 valence electrons. The van der Waals surface area contributed by atoms with Crippen LogP contribution < -0.4 is 4.74 Å². The molecule has 0 aromatic heterocycles. The van der Waals surface area contributed by atoms with Gasteiger partial charge in [0.25, 0.3) is 5.17 Å². The van der Waals surface area contributed by atoms with Gasteiger partial charge in [0.05, 0.1) is 0 Å². The molecule has 16 heavy (non-hydrogen) atoms. The van der Waals surface area contributed by atoms with E-state index < -0.39 is 0 Å². The summed E-state index contributed by atoms with van der Waals surface area (Å²) in [6, 6.07) is 8.06. The number of thiocarbonyl (C=S) groups is 1. The van der Waals surface area contributed by atoms with E-state index >= 15 is 0 Å². The molecular weight excluding hydrogens is 218 g/mol. The molecule has 0 aliphatic heterocycles. The summed E-state index contributed by atoms with van der Waals surface area (Å²) in [5.41, 5.74) is 1.37. The molecule has 0 bridgehead atoms. The fourth-order valence-electron chi connectivity index (χ4n) is 1.22. The van der Waals surface area contributed by atoms with Crippen LogP contribution in [0.2, 0.25) is 0 Å². The Bertz CT molecular complexity index is 380. The quantitative estimate of drug-likeness (QED) is 0.696. The molecule has 3 heteroatoms. The molecule has 0 heterocycles. The van der Waals surface area contributed by atoms with Crippen molar-refractivity contribution in [3.05, 3.63) is 29.8 Å². The molecule has 1 rings (SSSR count). The first kappa shape index (κ1) is 13.0. The monoisotopic (exact) mass is 237 g/mol. The van der Waals surface area contributed by atoms with Gasteiger partial charge in [0.1, 0.15) is 5.75 Å². The molecule has 0 aliphatic rings. The second-order valence-electron chi connectivity index (χ2n) is 5.04. The van der Waals surface area contributed by atoms with Crippen molar-refractivity contribution in [2.75, 3.05) is 14.1 Å². The molecule has 0 spiro atoms. The summed E-state index contributed by atoms with van der Waals surface area (Å²) in [5.74, 6) is 0.797. The predicted molar refractivity (Wildman–Crippen MR) is 72.1 cm³/mol. The predicted octanol–water partition coefficient (Wildman–Crippen LogP) is 3.21. The van der Waals surface area contributed by atoms with E-state index in [0.29, 0.717) is 5.17 Å². The second-order valence-corrected chi connectivity index (χ2v) is 5.39. The Hall–Kier alpha value is -1.09. The number of rotatable bonds is 1. The van der Waals surface area contributed by atoms with Crippen LogP contribution >= 0.6 is 12.2 Å². The Balaban J connectivity index is 2.88. The average Bonchev–Trinajstić information content (AvgIpc) is 2.16. The van der Waals surface area contributed by atoms with Crippen LogP contribution in [0, 0.1) is 0 Å². The molecule has 0 fully saturated rings. The lowest BCUT2D eigenvalue weighted by atomic mass is 9.87. The standard InChI is InChI=1S/C13H19NOS/c1-13(2,3)10-7-6-8-11(9-10)15-12(16)14(4)5/h6-9H,1-5H3. The van der Waals surface area contributed by atoms with Gasteiger partial charge in [-0.2, -0.15) is 0 Å². The molecular formula is C13H19NOS. The van der Waals surface area contributed by atoms with E-state index in [1.807, 2.05) is 32.3 Å². The van der Waals surface area contributed by atoms with Gasteiger partial charge in [0, 0.05) is 14.1 Å². The van der Waals surface area contributed by atoms with E-state index in [1.165, 1.54) is 5.56 Å². The highest BCUT2D eigenvalue weighted by Gasteiger charge is 2.14. The van der Waals surface area contributed by atoms with Crippen LogP contribution in [0.4, 0.5) is 0 Å². The summed E-state index contributed by atoms with van der Waals surface area (Å²) >= 11 is 5.10. The maximum absolute atomic E-state index is 5.57. The Kier molecular flexibility index (Phi) is 3.92. The van der Waals surface area contributed by atoms with Crippen LogP contribution in [-0.4, -0.2) is 24.2 Å². The van der Waals surface area contributed by atoms with Crippen LogP contribution in [0.15, 0.2) is 24.3 Å². The SMILES string of the molecule is CN(C)C(=S)Oc1cccc(C(C)(C)C)c1. The Labute approximate surface area is 103 Å². The fourth-order valence-corrected chi connectivity index (χ4v) is 1.31. The van der Waals surface area contributed by atoms with Crippen molar-refractivity contribution in [2.24, 2.45) is 0 Å². The minimum atomic E-state index is 0.124. The lowest BCUT2D eigenvalue weighted by molar-refractivity contribution is 0.447. The van der Waals surface area contributed by atoms with Crippen LogP contribution in [0.1, 0.15) is 26.3 Å². The third-order valence-electron chi connectivity index (χ3n) is 2.27. The van der Waals surface area contributed by atoms with E-state index in [2.05, 4.69) is 26.8 Å². The van der Waals surface area contributed by atoms with E-state index in [0.717, 1.165) is 5.75 Å². The molecule has 0 radical (unpaired) electrons. The third-order valence-corrected chi connectivity index (χ3v) is 2.72. The summed E-state index contributed by atoms with van der Waals surface area (Å²) < 4.78 is 5.57. The van der Waals surface area contributed by atoms with Crippen LogP contribution in [0.5, 0.6) is 5.75 Å². The van der Waals surface area contributed by atoms with Gasteiger partial charge in [-0.15, -0.1) is 0 Å². The molecule has 2 nitrogen and oxygen atoms in total. The lowest BCUT2D eigenvalue weighted by Gasteiger charge is -2.20. The first-order valence-electron chi connectivity index (χ1n) is 5.30. The van der Waals surface area contributed by atoms with Crippen LogP contribution in [0.25, 0.3) is 0 Å². The minimum Gasteiger partial charge on any atom is -0.432 e. The summed E-state index contributed by atoms with van der Waals surface area (Å²) in [4.78, 5) is 1.78.